The Labute approximate surface area is 118 Å². The predicted molar refractivity (Wildman–Crippen MR) is 76.6 cm³/mol. The molecule has 3 N–H and O–H groups in total. The highest BCUT2D eigenvalue weighted by molar-refractivity contribution is 5.45. The molecule has 6 heteroatoms. The van der Waals surface area contributed by atoms with E-state index in [-0.39, 0.29) is 6.04 Å². The number of nitrogens with zero attached hydrogens (tertiary/aromatic N) is 2. The second kappa shape index (κ2) is 6.40. The van der Waals surface area contributed by atoms with Crippen molar-refractivity contribution in [3.05, 3.63) is 41.7 Å². The van der Waals surface area contributed by atoms with Crippen molar-refractivity contribution in [2.75, 3.05) is 14.2 Å². The van der Waals surface area contributed by atoms with Crippen LogP contribution >= 0.6 is 0 Å². The Morgan fingerprint density at radius 3 is 2.55 bits per heavy atom. The Hall–Kier alpha value is -2.05. The second-order valence-electron chi connectivity index (χ2n) is 4.34. The average molecular weight is 276 g/mol. The van der Waals surface area contributed by atoms with Gasteiger partial charge in [-0.05, 0) is 24.6 Å². The summed E-state index contributed by atoms with van der Waals surface area (Å²) in [6, 6.07) is 5.58. The van der Waals surface area contributed by atoms with Crippen LogP contribution in [0.4, 0.5) is 0 Å². The molecule has 0 amide bonds. The summed E-state index contributed by atoms with van der Waals surface area (Å²) in [6.07, 6.45) is 3.78. The summed E-state index contributed by atoms with van der Waals surface area (Å²) in [4.78, 5) is 0. The Morgan fingerprint density at radius 2 is 2.00 bits per heavy atom. The Balaban J connectivity index is 2.36. The van der Waals surface area contributed by atoms with Crippen molar-refractivity contribution < 1.29 is 9.47 Å². The van der Waals surface area contributed by atoms with Crippen LogP contribution in [-0.4, -0.2) is 24.0 Å². The lowest BCUT2D eigenvalue weighted by Gasteiger charge is -2.17. The molecule has 20 heavy (non-hydrogen) atoms. The van der Waals surface area contributed by atoms with E-state index in [1.165, 1.54) is 0 Å². The minimum atomic E-state index is -0.143. The van der Waals surface area contributed by atoms with E-state index in [1.807, 2.05) is 42.2 Å². The summed E-state index contributed by atoms with van der Waals surface area (Å²) in [6.45, 7) is 2.86. The van der Waals surface area contributed by atoms with Crippen LogP contribution in [0.2, 0.25) is 0 Å². The molecule has 0 bridgehead atoms. The highest BCUT2D eigenvalue weighted by atomic mass is 16.5. The molecular formula is C14H20N4O2. The fourth-order valence-corrected chi connectivity index (χ4v) is 2.12. The van der Waals surface area contributed by atoms with E-state index in [1.54, 1.807) is 14.2 Å². The number of aryl methyl sites for hydroxylation is 1. The molecule has 108 valence electrons. The van der Waals surface area contributed by atoms with E-state index in [4.69, 9.17) is 15.3 Å². The van der Waals surface area contributed by atoms with Gasteiger partial charge in [-0.1, -0.05) is 6.07 Å². The second-order valence-corrected chi connectivity index (χ2v) is 4.34. The quantitative estimate of drug-likeness (QED) is 0.617. The average Bonchev–Trinajstić information content (AvgIpc) is 2.96. The summed E-state index contributed by atoms with van der Waals surface area (Å²) < 4.78 is 12.4. The van der Waals surface area contributed by atoms with Crippen molar-refractivity contribution in [3.63, 3.8) is 0 Å². The van der Waals surface area contributed by atoms with Gasteiger partial charge in [0.25, 0.3) is 0 Å². The van der Waals surface area contributed by atoms with Crippen molar-refractivity contribution >= 4 is 0 Å². The number of rotatable bonds is 6. The van der Waals surface area contributed by atoms with Crippen LogP contribution in [0.15, 0.2) is 30.6 Å². The van der Waals surface area contributed by atoms with Gasteiger partial charge >= 0.3 is 0 Å². The predicted octanol–water partition coefficient (Wildman–Crippen LogP) is 1.47. The molecule has 1 atom stereocenters. The summed E-state index contributed by atoms with van der Waals surface area (Å²) in [7, 11) is 3.23. The van der Waals surface area contributed by atoms with Crippen molar-refractivity contribution in [1.82, 2.24) is 15.2 Å². The van der Waals surface area contributed by atoms with Crippen LogP contribution in [-0.2, 0) is 6.54 Å². The molecule has 1 aromatic carbocycles. The molecule has 2 aromatic rings. The van der Waals surface area contributed by atoms with Gasteiger partial charge in [0.2, 0.25) is 0 Å². The monoisotopic (exact) mass is 276 g/mol. The molecule has 0 saturated heterocycles. The van der Waals surface area contributed by atoms with E-state index < -0.39 is 0 Å². The normalized spacial score (nSPS) is 12.2. The van der Waals surface area contributed by atoms with E-state index >= 15 is 0 Å². The molecule has 0 aliphatic rings. The van der Waals surface area contributed by atoms with Crippen molar-refractivity contribution in [1.29, 1.82) is 0 Å². The summed E-state index contributed by atoms with van der Waals surface area (Å²) in [5.41, 5.74) is 4.80. The van der Waals surface area contributed by atoms with Gasteiger partial charge in [-0.2, -0.15) is 5.10 Å². The first kappa shape index (κ1) is 14.4. The first-order valence-corrected chi connectivity index (χ1v) is 6.43. The van der Waals surface area contributed by atoms with Crippen molar-refractivity contribution in [3.8, 4) is 11.5 Å². The van der Waals surface area contributed by atoms with Gasteiger partial charge in [-0.25, -0.2) is 5.43 Å². The number of aromatic nitrogens is 2. The summed E-state index contributed by atoms with van der Waals surface area (Å²) in [5.74, 6) is 7.06. The molecule has 0 aliphatic carbocycles. The summed E-state index contributed by atoms with van der Waals surface area (Å²) in [5, 5.41) is 4.27. The smallest absolute Gasteiger partial charge is 0.161 e. The van der Waals surface area contributed by atoms with Crippen LogP contribution in [0.5, 0.6) is 11.5 Å². The molecular weight excluding hydrogens is 256 g/mol. The van der Waals surface area contributed by atoms with Crippen molar-refractivity contribution in [2.24, 2.45) is 5.84 Å². The molecule has 6 nitrogen and oxygen atoms in total. The lowest BCUT2D eigenvalue weighted by atomic mass is 10.0. The Bertz CT molecular complexity index is 568. The summed E-state index contributed by atoms with van der Waals surface area (Å²) >= 11 is 0. The molecule has 0 saturated carbocycles. The van der Waals surface area contributed by atoms with Gasteiger partial charge in [0.15, 0.2) is 11.5 Å². The molecule has 0 aliphatic heterocycles. The Kier molecular flexibility index (Phi) is 4.60. The molecule has 2 rings (SSSR count). The number of benzene rings is 1. The van der Waals surface area contributed by atoms with Gasteiger partial charge < -0.3 is 9.47 Å². The van der Waals surface area contributed by atoms with Crippen LogP contribution in [0.1, 0.15) is 24.1 Å². The number of nitrogens with two attached hydrogens (primary N) is 1. The zero-order valence-corrected chi connectivity index (χ0v) is 12.0. The number of hydrogen-bond donors (Lipinski definition) is 2. The maximum absolute atomic E-state index is 5.69. The van der Waals surface area contributed by atoms with Gasteiger partial charge in [0, 0.05) is 18.3 Å². The minimum Gasteiger partial charge on any atom is -0.493 e. The van der Waals surface area contributed by atoms with Gasteiger partial charge in [-0.3, -0.25) is 10.5 Å². The lowest BCUT2D eigenvalue weighted by molar-refractivity contribution is 0.354. The van der Waals surface area contributed by atoms with E-state index in [9.17, 15) is 0 Å². The van der Waals surface area contributed by atoms with E-state index in [2.05, 4.69) is 10.5 Å². The third-order valence-electron chi connectivity index (χ3n) is 3.22. The van der Waals surface area contributed by atoms with E-state index in [0.717, 1.165) is 17.7 Å². The van der Waals surface area contributed by atoms with Gasteiger partial charge in [0.1, 0.15) is 0 Å². The molecule has 1 unspecified atom stereocenters. The van der Waals surface area contributed by atoms with Crippen LogP contribution < -0.4 is 20.7 Å². The minimum absolute atomic E-state index is 0.143. The lowest BCUT2D eigenvalue weighted by Crippen LogP contribution is -2.28. The first-order chi connectivity index (χ1) is 9.73. The largest absolute Gasteiger partial charge is 0.493 e. The van der Waals surface area contributed by atoms with Gasteiger partial charge in [0.05, 0.1) is 26.5 Å². The fourth-order valence-electron chi connectivity index (χ4n) is 2.12. The molecule has 0 spiro atoms. The van der Waals surface area contributed by atoms with Crippen LogP contribution in [0, 0.1) is 0 Å². The van der Waals surface area contributed by atoms with Crippen molar-refractivity contribution in [2.45, 2.75) is 19.5 Å². The number of hydrogen-bond acceptors (Lipinski definition) is 5. The van der Waals surface area contributed by atoms with Crippen LogP contribution in [0.3, 0.4) is 0 Å². The highest BCUT2D eigenvalue weighted by Crippen LogP contribution is 2.31. The third kappa shape index (κ3) is 2.76. The topological polar surface area (TPSA) is 74.3 Å². The highest BCUT2D eigenvalue weighted by Gasteiger charge is 2.16. The zero-order chi connectivity index (χ0) is 14.5. The number of nitrogens with one attached hydrogen (secondary N) is 1. The molecule has 1 heterocycles. The maximum Gasteiger partial charge on any atom is 0.161 e. The number of methoxy groups -OCH3 is 2. The zero-order valence-electron chi connectivity index (χ0n) is 12.0. The maximum atomic E-state index is 5.69. The van der Waals surface area contributed by atoms with E-state index in [0.29, 0.717) is 11.5 Å². The molecule has 0 fully saturated rings. The SMILES string of the molecule is CCn1cc(C(NN)c2ccc(OC)c(OC)c2)cn1. The van der Waals surface area contributed by atoms with Gasteiger partial charge in [-0.15, -0.1) is 0 Å². The molecule has 1 aromatic heterocycles. The third-order valence-corrected chi connectivity index (χ3v) is 3.22. The van der Waals surface area contributed by atoms with Crippen LogP contribution in [0.25, 0.3) is 0 Å². The Morgan fingerprint density at radius 1 is 1.25 bits per heavy atom. The molecule has 0 radical (unpaired) electrons. The first-order valence-electron chi connectivity index (χ1n) is 6.43. The number of hydrazine groups is 1. The number of ether oxygens (including phenoxy) is 2. The standard InChI is InChI=1S/C14H20N4O2/c1-4-18-9-11(8-16-18)14(17-15)10-5-6-12(19-2)13(7-10)20-3/h5-9,14,17H,4,15H2,1-3H3. The fraction of sp³-hybridized carbons (Fsp3) is 0.357.